The molecule has 0 unspecified atom stereocenters. The Bertz CT molecular complexity index is 2770. The normalized spacial score (nSPS) is 12.3. The summed E-state index contributed by atoms with van der Waals surface area (Å²) in [6.07, 6.45) is 1.91. The Morgan fingerprint density at radius 3 is 1.78 bits per heavy atom. The fourth-order valence-electron chi connectivity index (χ4n) is 7.89. The van der Waals surface area contributed by atoms with Crippen LogP contribution in [-0.4, -0.2) is 19.6 Å². The van der Waals surface area contributed by atoms with E-state index in [1.807, 2.05) is 30.5 Å². The van der Waals surface area contributed by atoms with Crippen molar-refractivity contribution in [3.8, 4) is 67.5 Å². The van der Waals surface area contributed by atoms with E-state index in [-0.39, 0.29) is 22.0 Å². The van der Waals surface area contributed by atoms with Crippen LogP contribution in [0.15, 0.2) is 152 Å². The van der Waals surface area contributed by atoms with Crippen molar-refractivity contribution in [1.82, 2.24) is 14.5 Å². The molecule has 0 radical (unpaired) electrons. The van der Waals surface area contributed by atoms with Crippen LogP contribution in [0.4, 0.5) is 0 Å². The second-order valence-electron chi connectivity index (χ2n) is 18.6. The van der Waals surface area contributed by atoms with Crippen molar-refractivity contribution >= 4 is 11.0 Å². The average molecular weight is 760 g/mol. The predicted molar refractivity (Wildman–Crippen MR) is 244 cm³/mol. The number of pyridine rings is 1. The smallest absolute Gasteiger partial charge is 0.149 e. The van der Waals surface area contributed by atoms with E-state index < -0.39 is 0 Å². The molecule has 8 rings (SSSR count). The van der Waals surface area contributed by atoms with Crippen LogP contribution in [0.25, 0.3) is 72.7 Å². The predicted octanol–water partition coefficient (Wildman–Crippen LogP) is 14.4. The first kappa shape index (κ1) is 38.6. The Morgan fingerprint density at radius 1 is 0.466 bits per heavy atom. The molecule has 0 fully saturated rings. The second kappa shape index (κ2) is 14.6. The molecular weight excluding hydrogens is 707 g/mol. The molecule has 0 saturated heterocycles. The highest BCUT2D eigenvalue weighted by Crippen LogP contribution is 2.44. The minimum absolute atomic E-state index is 0.102. The molecule has 4 nitrogen and oxygen atoms in total. The van der Waals surface area contributed by atoms with E-state index in [0.29, 0.717) is 11.4 Å². The lowest BCUT2D eigenvalue weighted by Gasteiger charge is -2.24. The first-order chi connectivity index (χ1) is 27.6. The summed E-state index contributed by atoms with van der Waals surface area (Å²) in [6.45, 7) is 19.9. The second-order valence-corrected chi connectivity index (χ2v) is 18.6. The Kier molecular flexibility index (Phi) is 9.72. The molecule has 0 aliphatic rings. The van der Waals surface area contributed by atoms with Gasteiger partial charge in [-0.2, -0.15) is 0 Å². The number of aromatic nitrogens is 3. The maximum Gasteiger partial charge on any atom is 0.149 e. The van der Waals surface area contributed by atoms with Gasteiger partial charge in [0.25, 0.3) is 0 Å². The molecule has 0 aliphatic carbocycles. The van der Waals surface area contributed by atoms with Crippen LogP contribution in [0.3, 0.4) is 0 Å². The van der Waals surface area contributed by atoms with Gasteiger partial charge in [0.2, 0.25) is 0 Å². The summed E-state index contributed by atoms with van der Waals surface area (Å²) >= 11 is 0. The average Bonchev–Trinajstić information content (AvgIpc) is 3.59. The Hall–Kier alpha value is -6.26. The third kappa shape index (κ3) is 7.36. The summed E-state index contributed by atoms with van der Waals surface area (Å²) < 4.78 is 2.28. The molecule has 6 aromatic carbocycles. The molecule has 290 valence electrons. The minimum Gasteiger partial charge on any atom is -0.507 e. The Morgan fingerprint density at radius 2 is 1.10 bits per heavy atom. The summed E-state index contributed by atoms with van der Waals surface area (Å²) in [6, 6.07) is 51.5. The van der Waals surface area contributed by atoms with E-state index in [1.165, 1.54) is 11.1 Å². The lowest BCUT2D eigenvalue weighted by Crippen LogP contribution is -2.13. The number of hydrogen-bond donors (Lipinski definition) is 1. The molecule has 0 aliphatic heterocycles. The molecule has 0 saturated carbocycles. The van der Waals surface area contributed by atoms with Gasteiger partial charge in [-0.15, -0.1) is 0 Å². The van der Waals surface area contributed by atoms with Gasteiger partial charge in [0.05, 0.1) is 28.0 Å². The zero-order chi connectivity index (χ0) is 41.0. The van der Waals surface area contributed by atoms with Crippen LogP contribution in [0.1, 0.15) is 79.0 Å². The number of hydrogen-bond acceptors (Lipinski definition) is 3. The largest absolute Gasteiger partial charge is 0.507 e. The zero-order valence-electron chi connectivity index (χ0n) is 35.2. The van der Waals surface area contributed by atoms with E-state index in [4.69, 9.17) is 9.97 Å². The molecule has 0 atom stereocenters. The molecule has 1 N–H and O–H groups in total. The first-order valence-electron chi connectivity index (χ1n) is 20.3. The van der Waals surface area contributed by atoms with Crippen molar-refractivity contribution in [3.05, 3.63) is 168 Å². The summed E-state index contributed by atoms with van der Waals surface area (Å²) in [4.78, 5) is 10.5. The maximum absolute atomic E-state index is 12.2. The van der Waals surface area contributed by atoms with Crippen LogP contribution in [0, 0.1) is 0 Å². The van der Waals surface area contributed by atoms with Gasteiger partial charge in [0.1, 0.15) is 11.6 Å². The van der Waals surface area contributed by atoms with E-state index in [2.05, 4.69) is 188 Å². The van der Waals surface area contributed by atoms with E-state index in [1.54, 1.807) is 0 Å². The van der Waals surface area contributed by atoms with Gasteiger partial charge in [-0.05, 0) is 97.7 Å². The minimum atomic E-state index is -0.279. The third-order valence-electron chi connectivity index (χ3n) is 11.2. The molecule has 2 aromatic heterocycles. The van der Waals surface area contributed by atoms with Gasteiger partial charge in [0, 0.05) is 22.9 Å². The fraction of sp³-hybridized carbons (Fsp3) is 0.222. The highest BCUT2D eigenvalue weighted by molar-refractivity contribution is 5.98. The fourth-order valence-corrected chi connectivity index (χ4v) is 7.89. The Balaban J connectivity index is 1.44. The van der Waals surface area contributed by atoms with Gasteiger partial charge < -0.3 is 5.11 Å². The molecule has 2 heterocycles. The number of nitrogens with zero attached hydrogens (tertiary/aromatic N) is 3. The summed E-state index contributed by atoms with van der Waals surface area (Å²) in [5.41, 5.74) is 14.9. The van der Waals surface area contributed by atoms with Crippen molar-refractivity contribution in [3.63, 3.8) is 0 Å². The van der Waals surface area contributed by atoms with E-state index in [0.717, 1.165) is 66.9 Å². The van der Waals surface area contributed by atoms with Crippen molar-refractivity contribution in [2.24, 2.45) is 0 Å². The topological polar surface area (TPSA) is 50.9 Å². The number of phenols is 1. The number of fused-ring (bicyclic) bond motifs is 1. The molecule has 0 spiro atoms. The lowest BCUT2D eigenvalue weighted by atomic mass is 9.83. The van der Waals surface area contributed by atoms with Crippen molar-refractivity contribution in [1.29, 1.82) is 0 Å². The number of para-hydroxylation sites is 2. The summed E-state index contributed by atoms with van der Waals surface area (Å²) in [5.74, 6) is 0.946. The van der Waals surface area contributed by atoms with Crippen LogP contribution in [0.5, 0.6) is 5.75 Å². The number of phenolic OH excluding ortho intramolecular Hbond substituents is 1. The summed E-state index contributed by atoms with van der Waals surface area (Å²) in [5, 5.41) is 12.2. The zero-order valence-corrected chi connectivity index (χ0v) is 35.2. The van der Waals surface area contributed by atoms with Gasteiger partial charge in [-0.25, -0.2) is 4.98 Å². The number of imidazole rings is 1. The van der Waals surface area contributed by atoms with Gasteiger partial charge >= 0.3 is 0 Å². The maximum atomic E-state index is 12.2. The van der Waals surface area contributed by atoms with E-state index >= 15 is 0 Å². The van der Waals surface area contributed by atoms with Crippen molar-refractivity contribution in [2.45, 2.75) is 78.6 Å². The highest BCUT2D eigenvalue weighted by atomic mass is 16.3. The molecule has 4 heteroatoms. The standard InChI is InChI=1S/C54H53N3O/c1-52(2,3)40-26-27-42(36-20-14-11-15-21-36)48(34-40)57-47-25-17-22-43(49(47)56-51(57)44-23-16-24-45(50(44)58)54(7,8)9)38-30-39(32-41(31-38)53(4,5)6)46-33-37(28-29-55-46)35-18-12-10-13-19-35/h10-34,58H,1-9H3. The highest BCUT2D eigenvalue weighted by Gasteiger charge is 2.27. The van der Waals surface area contributed by atoms with Gasteiger partial charge in [-0.3, -0.25) is 9.55 Å². The van der Waals surface area contributed by atoms with E-state index in [9.17, 15) is 5.11 Å². The molecule has 0 amide bonds. The van der Waals surface area contributed by atoms with Crippen LogP contribution >= 0.6 is 0 Å². The molecule has 58 heavy (non-hydrogen) atoms. The van der Waals surface area contributed by atoms with Crippen LogP contribution < -0.4 is 0 Å². The molecule has 8 aromatic rings. The monoisotopic (exact) mass is 759 g/mol. The molecular formula is C54H53N3O. The Labute approximate surface area is 343 Å². The number of benzene rings is 6. The van der Waals surface area contributed by atoms with Crippen LogP contribution in [-0.2, 0) is 16.2 Å². The quantitative estimate of drug-likeness (QED) is 0.184. The number of aromatic hydroxyl groups is 1. The molecule has 0 bridgehead atoms. The SMILES string of the molecule is CC(C)(C)c1cc(-c2cc(-c3ccccc3)ccn2)cc(-c2cccc3c2nc(-c2cccc(C(C)(C)C)c2O)n3-c2cc(C(C)(C)C)ccc2-c2ccccc2)c1. The van der Waals surface area contributed by atoms with Crippen molar-refractivity contribution < 1.29 is 5.11 Å². The third-order valence-corrected chi connectivity index (χ3v) is 11.2. The lowest BCUT2D eigenvalue weighted by molar-refractivity contribution is 0.448. The van der Waals surface area contributed by atoms with Gasteiger partial charge in [-0.1, -0.05) is 165 Å². The summed E-state index contributed by atoms with van der Waals surface area (Å²) in [7, 11) is 0. The van der Waals surface area contributed by atoms with Gasteiger partial charge in [0.15, 0.2) is 0 Å². The van der Waals surface area contributed by atoms with Crippen LogP contribution in [0.2, 0.25) is 0 Å². The van der Waals surface area contributed by atoms with Crippen molar-refractivity contribution in [2.75, 3.05) is 0 Å². The first-order valence-corrected chi connectivity index (χ1v) is 20.3. The number of rotatable bonds is 6.